The van der Waals surface area contributed by atoms with Crippen LogP contribution >= 0.6 is 24.8 Å². The van der Waals surface area contributed by atoms with Gasteiger partial charge in [-0.1, -0.05) is 61.0 Å². The Balaban J connectivity index is 0.00000193. The quantitative estimate of drug-likeness (QED) is 0.397. The number of benzene rings is 2. The lowest BCUT2D eigenvalue weighted by Gasteiger charge is -2.30. The highest BCUT2D eigenvalue weighted by Gasteiger charge is 2.40. The maximum absolute atomic E-state index is 11.1. The van der Waals surface area contributed by atoms with Gasteiger partial charge in [-0.05, 0) is 67.7 Å². The van der Waals surface area contributed by atoms with Crippen molar-refractivity contribution in [3.63, 3.8) is 0 Å². The summed E-state index contributed by atoms with van der Waals surface area (Å²) >= 11 is 0. The topological polar surface area (TPSA) is 61.4 Å². The second-order valence-corrected chi connectivity index (χ2v) is 9.03. The number of carboxylic acids is 1. The third-order valence-electron chi connectivity index (χ3n) is 6.77. The molecule has 2 saturated carbocycles. The number of hydrogen-bond donors (Lipinski definition) is 3. The lowest BCUT2D eigenvalue weighted by molar-refractivity contribution is 0.0696. The molecule has 0 aliphatic heterocycles. The Morgan fingerprint density at radius 1 is 1.00 bits per heavy atom. The first-order chi connectivity index (χ1) is 15.1. The molecule has 2 aliphatic carbocycles. The van der Waals surface area contributed by atoms with Crippen molar-refractivity contribution in [3.05, 3.63) is 76.9 Å². The fourth-order valence-corrected chi connectivity index (χ4v) is 4.87. The van der Waals surface area contributed by atoms with E-state index in [4.69, 9.17) is 5.11 Å². The highest BCUT2D eigenvalue weighted by molar-refractivity contribution is 5.87. The van der Waals surface area contributed by atoms with Gasteiger partial charge >= 0.3 is 5.97 Å². The summed E-state index contributed by atoms with van der Waals surface area (Å²) in [4.78, 5) is 11.1. The minimum atomic E-state index is -0.864. The molecule has 2 aliphatic rings. The monoisotopic (exact) mass is 490 g/mol. The second-order valence-electron chi connectivity index (χ2n) is 9.03. The van der Waals surface area contributed by atoms with E-state index in [0.29, 0.717) is 29.6 Å². The van der Waals surface area contributed by atoms with Crippen molar-refractivity contribution in [2.75, 3.05) is 0 Å². The molecule has 2 fully saturated rings. The molecule has 6 heteroatoms. The van der Waals surface area contributed by atoms with Crippen LogP contribution in [0.4, 0.5) is 0 Å². The van der Waals surface area contributed by atoms with Crippen LogP contribution in [0.25, 0.3) is 6.08 Å². The first-order valence-electron chi connectivity index (χ1n) is 11.7. The summed E-state index contributed by atoms with van der Waals surface area (Å²) in [6, 6.07) is 19.7. The van der Waals surface area contributed by atoms with Crippen molar-refractivity contribution >= 4 is 36.9 Å². The van der Waals surface area contributed by atoms with Gasteiger partial charge in [-0.2, -0.15) is 0 Å². The molecule has 0 aromatic heterocycles. The molecule has 0 heterocycles. The van der Waals surface area contributed by atoms with Gasteiger partial charge in [-0.15, -0.1) is 24.8 Å². The molecule has 3 N–H and O–H groups in total. The molecule has 2 unspecified atom stereocenters. The molecule has 0 radical (unpaired) electrons. The molecule has 0 saturated heterocycles. The number of halogens is 2. The van der Waals surface area contributed by atoms with Crippen LogP contribution in [0.3, 0.4) is 0 Å². The summed E-state index contributed by atoms with van der Waals surface area (Å²) in [6.07, 6.45) is 9.54. The molecule has 0 bridgehead atoms. The Morgan fingerprint density at radius 2 is 1.70 bits per heavy atom. The Hall–Kier alpha value is -1.85. The van der Waals surface area contributed by atoms with Crippen molar-refractivity contribution in [2.45, 2.75) is 70.1 Å². The number of carbonyl (C=O) groups is 1. The summed E-state index contributed by atoms with van der Waals surface area (Å²) < 4.78 is 0. The van der Waals surface area contributed by atoms with Gasteiger partial charge in [-0.3, -0.25) is 0 Å². The third-order valence-corrected chi connectivity index (χ3v) is 6.77. The van der Waals surface area contributed by atoms with E-state index >= 15 is 0 Å². The van der Waals surface area contributed by atoms with Crippen LogP contribution in [0.2, 0.25) is 0 Å². The molecule has 180 valence electrons. The van der Waals surface area contributed by atoms with Gasteiger partial charge in [0, 0.05) is 24.7 Å². The SMILES string of the molecule is CC/C(=C\c1ccccc1)C1CC1NC1CCC(NCc2cccc(C(=O)O)c2)CC1.Cl.Cl. The Labute approximate surface area is 210 Å². The van der Waals surface area contributed by atoms with Gasteiger partial charge in [0.05, 0.1) is 5.56 Å². The van der Waals surface area contributed by atoms with Crippen molar-refractivity contribution in [1.82, 2.24) is 10.6 Å². The van der Waals surface area contributed by atoms with Gasteiger partial charge in [0.1, 0.15) is 0 Å². The highest BCUT2D eigenvalue weighted by Crippen LogP contribution is 2.40. The number of rotatable bonds is 9. The van der Waals surface area contributed by atoms with Crippen LogP contribution in [0.15, 0.2) is 60.2 Å². The van der Waals surface area contributed by atoms with Gasteiger partial charge in [0.2, 0.25) is 0 Å². The summed E-state index contributed by atoms with van der Waals surface area (Å²) in [6.45, 7) is 3.01. The van der Waals surface area contributed by atoms with E-state index in [2.05, 4.69) is 54.0 Å². The lowest BCUT2D eigenvalue weighted by Crippen LogP contribution is -2.40. The van der Waals surface area contributed by atoms with E-state index in [1.54, 1.807) is 17.7 Å². The molecule has 2 aromatic carbocycles. The van der Waals surface area contributed by atoms with Gasteiger partial charge in [-0.25, -0.2) is 4.79 Å². The predicted molar refractivity (Wildman–Crippen MR) is 141 cm³/mol. The zero-order valence-electron chi connectivity index (χ0n) is 19.2. The molecule has 0 spiro atoms. The van der Waals surface area contributed by atoms with Crippen LogP contribution in [-0.2, 0) is 6.54 Å². The largest absolute Gasteiger partial charge is 0.478 e. The zero-order chi connectivity index (χ0) is 21.6. The van der Waals surface area contributed by atoms with E-state index in [1.807, 2.05) is 12.1 Å². The van der Waals surface area contributed by atoms with E-state index < -0.39 is 5.97 Å². The van der Waals surface area contributed by atoms with Crippen LogP contribution < -0.4 is 10.6 Å². The lowest BCUT2D eigenvalue weighted by atomic mass is 9.90. The zero-order valence-corrected chi connectivity index (χ0v) is 20.8. The minimum Gasteiger partial charge on any atom is -0.478 e. The summed E-state index contributed by atoms with van der Waals surface area (Å²) in [7, 11) is 0. The average molecular weight is 492 g/mol. The van der Waals surface area contributed by atoms with Crippen LogP contribution in [0, 0.1) is 5.92 Å². The van der Waals surface area contributed by atoms with E-state index in [-0.39, 0.29) is 24.8 Å². The number of aromatic carboxylic acids is 1. The summed E-state index contributed by atoms with van der Waals surface area (Å²) in [5, 5.41) is 16.7. The molecule has 0 amide bonds. The molecule has 2 aromatic rings. The fraction of sp³-hybridized carbons (Fsp3) is 0.444. The smallest absolute Gasteiger partial charge is 0.335 e. The Bertz CT molecular complexity index is 911. The first kappa shape index (κ1) is 27.4. The standard InChI is InChI=1S/C27H34N2O2.2ClH/c1-2-21(15-19-7-4-3-5-8-19)25-17-26(25)29-24-13-11-23(12-14-24)28-18-20-9-6-10-22(16-20)27(30)31;;/h3-10,15-16,23-26,28-29H,2,11-14,17-18H2,1H3,(H,30,31);2*1H/b21-15+;;. The van der Waals surface area contributed by atoms with E-state index in [1.165, 1.54) is 37.7 Å². The summed E-state index contributed by atoms with van der Waals surface area (Å²) in [5.74, 6) is -0.167. The van der Waals surface area contributed by atoms with Gasteiger partial charge in [0.25, 0.3) is 0 Å². The maximum Gasteiger partial charge on any atom is 0.335 e. The third kappa shape index (κ3) is 7.86. The predicted octanol–water partition coefficient (Wildman–Crippen LogP) is 6.10. The van der Waals surface area contributed by atoms with Gasteiger partial charge < -0.3 is 15.7 Å². The minimum absolute atomic E-state index is 0. The van der Waals surface area contributed by atoms with Gasteiger partial charge in [0.15, 0.2) is 0 Å². The van der Waals surface area contributed by atoms with Crippen LogP contribution in [0.1, 0.15) is 66.9 Å². The van der Waals surface area contributed by atoms with E-state index in [0.717, 1.165) is 18.5 Å². The number of carboxylic acid groups (broad SMARTS) is 1. The Morgan fingerprint density at radius 3 is 2.36 bits per heavy atom. The van der Waals surface area contributed by atoms with Crippen LogP contribution in [0.5, 0.6) is 0 Å². The highest BCUT2D eigenvalue weighted by atomic mass is 35.5. The molecule has 33 heavy (non-hydrogen) atoms. The molecule has 2 atom stereocenters. The average Bonchev–Trinajstić information content (AvgIpc) is 3.56. The van der Waals surface area contributed by atoms with Crippen molar-refractivity contribution < 1.29 is 9.90 Å². The van der Waals surface area contributed by atoms with Crippen LogP contribution in [-0.4, -0.2) is 29.2 Å². The molecule has 4 nitrogen and oxygen atoms in total. The molecule has 4 rings (SSSR count). The fourth-order valence-electron chi connectivity index (χ4n) is 4.87. The second kappa shape index (κ2) is 13.1. The summed E-state index contributed by atoms with van der Waals surface area (Å²) in [5.41, 5.74) is 4.28. The molecular formula is C27H36Cl2N2O2. The van der Waals surface area contributed by atoms with Crippen molar-refractivity contribution in [1.29, 1.82) is 0 Å². The maximum atomic E-state index is 11.1. The van der Waals surface area contributed by atoms with E-state index in [9.17, 15) is 4.79 Å². The normalized spacial score (nSPS) is 24.3. The first-order valence-corrected chi connectivity index (χ1v) is 11.7. The number of nitrogens with one attached hydrogen (secondary N) is 2. The Kier molecular flexibility index (Phi) is 10.9. The van der Waals surface area contributed by atoms with Crippen molar-refractivity contribution in [2.24, 2.45) is 5.92 Å². The number of hydrogen-bond acceptors (Lipinski definition) is 3. The van der Waals surface area contributed by atoms with Crippen molar-refractivity contribution in [3.8, 4) is 0 Å². The molecular weight excluding hydrogens is 455 g/mol.